The topological polar surface area (TPSA) is 76.7 Å². The van der Waals surface area contributed by atoms with E-state index >= 15 is 0 Å². The summed E-state index contributed by atoms with van der Waals surface area (Å²) in [5, 5.41) is 3.54. The van der Waals surface area contributed by atoms with Gasteiger partial charge in [-0.1, -0.05) is 0 Å². The summed E-state index contributed by atoms with van der Waals surface area (Å²) in [5.41, 5.74) is 0.238. The van der Waals surface area contributed by atoms with Gasteiger partial charge < -0.3 is 14.8 Å². The third kappa shape index (κ3) is 4.28. The van der Waals surface area contributed by atoms with Gasteiger partial charge in [0.15, 0.2) is 0 Å². The lowest BCUT2D eigenvalue weighted by atomic mass is 9.50. The molecule has 0 aromatic heterocycles. The number of halogens is 2. The van der Waals surface area contributed by atoms with Crippen molar-refractivity contribution in [3.63, 3.8) is 0 Å². The van der Waals surface area contributed by atoms with E-state index in [0.717, 1.165) is 5.92 Å². The van der Waals surface area contributed by atoms with Crippen LogP contribution in [0.15, 0.2) is 26.0 Å². The lowest BCUT2D eigenvalue weighted by Gasteiger charge is -2.62. The lowest BCUT2D eigenvalue weighted by molar-refractivity contribution is -0.0527. The summed E-state index contributed by atoms with van der Waals surface area (Å²) < 4.78 is 40.5. The molecule has 1 aromatic carbocycles. The molecule has 0 aliphatic heterocycles. The van der Waals surface area contributed by atoms with E-state index in [2.05, 4.69) is 41.9 Å². The zero-order chi connectivity index (χ0) is 18.9. The zero-order valence-corrected chi connectivity index (χ0v) is 18.8. The van der Waals surface area contributed by atoms with Gasteiger partial charge in [-0.25, -0.2) is 13.1 Å². The highest BCUT2D eigenvalue weighted by Gasteiger charge is 2.56. The fraction of sp³-hybridized carbons (Fsp3) is 0.647. The van der Waals surface area contributed by atoms with Gasteiger partial charge in [0.25, 0.3) is 0 Å². The van der Waals surface area contributed by atoms with Crippen LogP contribution in [0.1, 0.15) is 26.2 Å². The van der Waals surface area contributed by atoms with Crippen molar-refractivity contribution in [1.82, 2.24) is 10.0 Å². The van der Waals surface area contributed by atoms with Crippen LogP contribution in [0, 0.1) is 5.92 Å². The zero-order valence-electron chi connectivity index (χ0n) is 14.8. The molecule has 1 aromatic rings. The summed E-state index contributed by atoms with van der Waals surface area (Å²) in [6, 6.07) is 2.84. The van der Waals surface area contributed by atoms with Crippen molar-refractivity contribution in [3.8, 4) is 5.75 Å². The van der Waals surface area contributed by atoms with Gasteiger partial charge >= 0.3 is 0 Å². The van der Waals surface area contributed by atoms with Gasteiger partial charge in [0.2, 0.25) is 10.0 Å². The van der Waals surface area contributed by atoms with Crippen molar-refractivity contribution >= 4 is 41.9 Å². The van der Waals surface area contributed by atoms with Gasteiger partial charge in [-0.2, -0.15) is 0 Å². The number of ether oxygens (including phenoxy) is 2. The Morgan fingerprint density at radius 3 is 2.50 bits per heavy atom. The van der Waals surface area contributed by atoms with E-state index in [-0.39, 0.29) is 16.5 Å². The van der Waals surface area contributed by atoms with Gasteiger partial charge in [-0.15, -0.1) is 0 Å². The van der Waals surface area contributed by atoms with Gasteiger partial charge in [-0.3, -0.25) is 0 Å². The third-order valence-corrected chi connectivity index (χ3v) is 8.20. The Labute approximate surface area is 171 Å². The Morgan fingerprint density at radius 1 is 1.27 bits per heavy atom. The van der Waals surface area contributed by atoms with Crippen molar-refractivity contribution in [3.05, 3.63) is 21.1 Å². The Kier molecular flexibility index (Phi) is 6.36. The predicted octanol–water partition coefficient (Wildman–Crippen LogP) is 3.05. The predicted molar refractivity (Wildman–Crippen MR) is 107 cm³/mol. The number of methoxy groups -OCH3 is 1. The lowest BCUT2D eigenvalue weighted by Crippen LogP contribution is -2.68. The van der Waals surface area contributed by atoms with Crippen LogP contribution in [0.3, 0.4) is 0 Å². The van der Waals surface area contributed by atoms with Crippen LogP contribution in [0.4, 0.5) is 0 Å². The van der Waals surface area contributed by atoms with Crippen molar-refractivity contribution in [2.45, 2.75) is 42.7 Å². The number of hydrogen-bond acceptors (Lipinski definition) is 5. The van der Waals surface area contributed by atoms with Crippen LogP contribution in [-0.2, 0) is 14.8 Å². The van der Waals surface area contributed by atoms with Crippen LogP contribution in [0.2, 0.25) is 0 Å². The van der Waals surface area contributed by atoms with E-state index in [1.807, 2.05) is 6.92 Å². The van der Waals surface area contributed by atoms with E-state index in [1.165, 1.54) is 32.4 Å². The Bertz CT molecular complexity index is 755. The average Bonchev–Trinajstić information content (AvgIpc) is 2.49. The molecule has 26 heavy (non-hydrogen) atoms. The molecule has 0 saturated heterocycles. The fourth-order valence-electron chi connectivity index (χ4n) is 3.59. The summed E-state index contributed by atoms with van der Waals surface area (Å²) in [5.74, 6) is 1.33. The highest BCUT2D eigenvalue weighted by Crippen LogP contribution is 2.56. The van der Waals surface area contributed by atoms with E-state index in [9.17, 15) is 8.42 Å². The second-order valence-electron chi connectivity index (χ2n) is 7.03. The van der Waals surface area contributed by atoms with Crippen LogP contribution in [-0.4, -0.2) is 46.9 Å². The number of benzene rings is 1. The highest BCUT2D eigenvalue weighted by molar-refractivity contribution is 9.11. The molecule has 0 radical (unpaired) electrons. The number of sulfonamides is 1. The molecule has 0 heterocycles. The fourth-order valence-corrected chi connectivity index (χ4v) is 6.68. The van der Waals surface area contributed by atoms with E-state index in [0.29, 0.717) is 34.5 Å². The normalized spacial score (nSPS) is 25.3. The van der Waals surface area contributed by atoms with Gasteiger partial charge in [-0.05, 0) is 70.0 Å². The first-order chi connectivity index (χ1) is 12.3. The maximum atomic E-state index is 12.9. The standard InChI is InChI=1S/C17H24Br2N2O4S/c1-3-25-10-12(9-20-17-6-11(7-17)8-17)21-26(22,23)16-5-15(24-2)13(18)4-14(16)19/h4-5,11-12,20-21H,3,6-10H2,1-2H3. The molecule has 1 unspecified atom stereocenters. The SMILES string of the molecule is CCOCC(CNC12CC(C1)C2)NS(=O)(=O)c1cc(OC)c(Br)cc1Br. The minimum atomic E-state index is -3.73. The van der Waals surface area contributed by atoms with Crippen molar-refractivity contribution in [1.29, 1.82) is 0 Å². The highest BCUT2D eigenvalue weighted by atomic mass is 79.9. The van der Waals surface area contributed by atoms with Gasteiger partial charge in [0.05, 0.1) is 29.1 Å². The number of rotatable bonds is 10. The molecule has 2 bridgehead atoms. The molecule has 3 fully saturated rings. The van der Waals surface area contributed by atoms with E-state index in [4.69, 9.17) is 9.47 Å². The van der Waals surface area contributed by atoms with E-state index in [1.54, 1.807) is 6.07 Å². The minimum absolute atomic E-state index is 0.143. The van der Waals surface area contributed by atoms with Crippen LogP contribution >= 0.6 is 31.9 Å². The summed E-state index contributed by atoms with van der Waals surface area (Å²) >= 11 is 6.69. The average molecular weight is 512 g/mol. The molecule has 0 amide bonds. The third-order valence-electron chi connectivity index (χ3n) is 5.10. The Hall–Kier alpha value is -0.190. The van der Waals surface area contributed by atoms with Gasteiger partial charge in [0, 0.05) is 29.2 Å². The maximum absolute atomic E-state index is 12.9. The minimum Gasteiger partial charge on any atom is -0.496 e. The molecular formula is C17H24Br2N2O4S. The smallest absolute Gasteiger partial charge is 0.242 e. The molecule has 0 spiro atoms. The summed E-state index contributed by atoms with van der Waals surface area (Å²) in [6.45, 7) is 3.32. The first-order valence-corrected chi connectivity index (χ1v) is 11.7. The summed E-state index contributed by atoms with van der Waals surface area (Å²) in [6.07, 6.45) is 3.61. The number of nitrogens with one attached hydrogen (secondary N) is 2. The first-order valence-electron chi connectivity index (χ1n) is 8.67. The van der Waals surface area contributed by atoms with Gasteiger partial charge in [0.1, 0.15) is 5.75 Å². The van der Waals surface area contributed by atoms with Crippen molar-refractivity contribution in [2.24, 2.45) is 5.92 Å². The van der Waals surface area contributed by atoms with E-state index < -0.39 is 10.0 Å². The largest absolute Gasteiger partial charge is 0.496 e. The molecular weight excluding hydrogens is 488 g/mol. The summed E-state index contributed by atoms with van der Waals surface area (Å²) in [4.78, 5) is 0.143. The summed E-state index contributed by atoms with van der Waals surface area (Å²) in [7, 11) is -2.23. The maximum Gasteiger partial charge on any atom is 0.242 e. The molecule has 6 nitrogen and oxygen atoms in total. The second-order valence-corrected chi connectivity index (χ2v) is 10.4. The molecule has 3 saturated carbocycles. The molecule has 146 valence electrons. The van der Waals surface area contributed by atoms with Crippen LogP contribution in [0.5, 0.6) is 5.75 Å². The molecule has 9 heteroatoms. The van der Waals surface area contributed by atoms with Crippen LogP contribution in [0.25, 0.3) is 0 Å². The molecule has 1 atom stereocenters. The Balaban J connectivity index is 1.73. The Morgan fingerprint density at radius 2 is 1.96 bits per heavy atom. The van der Waals surface area contributed by atoms with Crippen molar-refractivity contribution < 1.29 is 17.9 Å². The molecule has 3 aliphatic carbocycles. The van der Waals surface area contributed by atoms with Crippen LogP contribution < -0.4 is 14.8 Å². The quantitative estimate of drug-likeness (QED) is 0.505. The molecule has 3 aliphatic rings. The monoisotopic (exact) mass is 510 g/mol. The first kappa shape index (κ1) is 20.5. The number of hydrogen-bond donors (Lipinski definition) is 2. The van der Waals surface area contributed by atoms with Crippen molar-refractivity contribution in [2.75, 3.05) is 26.9 Å². The second kappa shape index (κ2) is 8.05. The molecule has 2 N–H and O–H groups in total. The molecule has 4 rings (SSSR count).